The maximum atomic E-state index is 5.51. The molecule has 0 aromatic rings. The van der Waals surface area contributed by atoms with Crippen LogP contribution in [0.25, 0.3) is 0 Å². The van der Waals surface area contributed by atoms with Gasteiger partial charge < -0.3 is 10.1 Å². The molecule has 0 amide bonds. The second kappa shape index (κ2) is 3.97. The second-order valence-corrected chi connectivity index (χ2v) is 4.89. The van der Waals surface area contributed by atoms with Crippen molar-refractivity contribution < 1.29 is 4.74 Å². The van der Waals surface area contributed by atoms with Crippen molar-refractivity contribution in [3.05, 3.63) is 0 Å². The van der Waals surface area contributed by atoms with E-state index in [1.807, 2.05) is 0 Å². The van der Waals surface area contributed by atoms with Crippen LogP contribution in [-0.4, -0.2) is 25.3 Å². The van der Waals surface area contributed by atoms with Gasteiger partial charge in [-0.1, -0.05) is 6.42 Å². The summed E-state index contributed by atoms with van der Waals surface area (Å²) in [5.41, 5.74) is 0.272. The predicted molar refractivity (Wildman–Crippen MR) is 53.8 cm³/mol. The first-order chi connectivity index (χ1) is 6.29. The number of ether oxygens (including phenoxy) is 1. The van der Waals surface area contributed by atoms with Gasteiger partial charge in [0.05, 0.1) is 6.61 Å². The van der Waals surface area contributed by atoms with E-state index in [4.69, 9.17) is 4.74 Å². The zero-order valence-corrected chi connectivity index (χ0v) is 8.64. The summed E-state index contributed by atoms with van der Waals surface area (Å²) in [6, 6.07) is 0. The Bertz CT molecular complexity index is 159. The summed E-state index contributed by atoms with van der Waals surface area (Å²) in [5.74, 6) is 0.957. The van der Waals surface area contributed by atoms with Crippen molar-refractivity contribution >= 4 is 0 Å². The lowest BCUT2D eigenvalue weighted by molar-refractivity contribution is 0.0251. The Hall–Kier alpha value is -0.0800. The predicted octanol–water partition coefficient (Wildman–Crippen LogP) is 1.95. The van der Waals surface area contributed by atoms with Crippen LogP contribution in [-0.2, 0) is 4.74 Å². The number of rotatable bonds is 3. The van der Waals surface area contributed by atoms with Gasteiger partial charge in [0.2, 0.25) is 0 Å². The third-order valence-corrected chi connectivity index (χ3v) is 3.48. The summed E-state index contributed by atoms with van der Waals surface area (Å²) < 4.78 is 5.51. The summed E-state index contributed by atoms with van der Waals surface area (Å²) in [4.78, 5) is 0. The lowest BCUT2D eigenvalue weighted by Gasteiger charge is -2.37. The fourth-order valence-corrected chi connectivity index (χ4v) is 2.16. The van der Waals surface area contributed by atoms with Crippen molar-refractivity contribution in [3.8, 4) is 0 Å². The van der Waals surface area contributed by atoms with E-state index in [0.29, 0.717) is 0 Å². The fraction of sp³-hybridized carbons (Fsp3) is 1.00. The monoisotopic (exact) mass is 183 g/mol. The Kier molecular flexibility index (Phi) is 2.89. The van der Waals surface area contributed by atoms with Crippen LogP contribution in [0.1, 0.15) is 39.0 Å². The molecule has 0 spiro atoms. The molecule has 13 heavy (non-hydrogen) atoms. The van der Waals surface area contributed by atoms with E-state index in [2.05, 4.69) is 12.2 Å². The Morgan fingerprint density at radius 3 is 2.77 bits per heavy atom. The summed E-state index contributed by atoms with van der Waals surface area (Å²) in [7, 11) is 0. The third kappa shape index (κ3) is 2.44. The van der Waals surface area contributed by atoms with Crippen LogP contribution in [0.2, 0.25) is 0 Å². The smallest absolute Gasteiger partial charge is 0.0645 e. The van der Waals surface area contributed by atoms with Crippen LogP contribution >= 0.6 is 0 Å². The van der Waals surface area contributed by atoms with E-state index in [1.54, 1.807) is 0 Å². The zero-order valence-electron chi connectivity index (χ0n) is 8.64. The standard InChI is InChI=1S/C11H21NO/c1-11(6-3-7-13-9-11)12-8-10-4-2-5-10/h10,12H,2-9H2,1H3. The van der Waals surface area contributed by atoms with Gasteiger partial charge in [-0.05, 0) is 45.1 Å². The molecule has 76 valence electrons. The van der Waals surface area contributed by atoms with Crippen LogP contribution in [0, 0.1) is 5.92 Å². The van der Waals surface area contributed by atoms with Gasteiger partial charge in [-0.2, -0.15) is 0 Å². The van der Waals surface area contributed by atoms with Crippen LogP contribution in [0.4, 0.5) is 0 Å². The minimum absolute atomic E-state index is 0.272. The molecule has 1 saturated heterocycles. The first kappa shape index (κ1) is 9.47. The van der Waals surface area contributed by atoms with Crippen molar-refractivity contribution in [1.29, 1.82) is 0 Å². The van der Waals surface area contributed by atoms with Crippen LogP contribution in [0.5, 0.6) is 0 Å². The molecule has 1 atom stereocenters. The van der Waals surface area contributed by atoms with Gasteiger partial charge in [-0.15, -0.1) is 0 Å². The highest BCUT2D eigenvalue weighted by atomic mass is 16.5. The van der Waals surface area contributed by atoms with Crippen molar-refractivity contribution in [2.45, 2.75) is 44.6 Å². The Balaban J connectivity index is 1.71. The summed E-state index contributed by atoms with van der Waals surface area (Å²) >= 11 is 0. The van der Waals surface area contributed by atoms with Crippen LogP contribution < -0.4 is 5.32 Å². The van der Waals surface area contributed by atoms with Crippen LogP contribution in [0.15, 0.2) is 0 Å². The molecule has 2 fully saturated rings. The third-order valence-electron chi connectivity index (χ3n) is 3.48. The number of hydrogen-bond acceptors (Lipinski definition) is 2. The van der Waals surface area contributed by atoms with Gasteiger partial charge >= 0.3 is 0 Å². The second-order valence-electron chi connectivity index (χ2n) is 4.89. The molecule has 2 aliphatic rings. The van der Waals surface area contributed by atoms with E-state index in [0.717, 1.165) is 19.1 Å². The Morgan fingerprint density at radius 1 is 1.38 bits per heavy atom. The SMILES string of the molecule is CC1(NCC2CCC2)CCCOC1. The van der Waals surface area contributed by atoms with E-state index in [-0.39, 0.29) is 5.54 Å². The molecule has 2 heteroatoms. The molecule has 2 rings (SSSR count). The highest BCUT2D eigenvalue weighted by molar-refractivity contribution is 4.87. The lowest BCUT2D eigenvalue weighted by atomic mass is 9.84. The fourth-order valence-electron chi connectivity index (χ4n) is 2.16. The van der Waals surface area contributed by atoms with E-state index in [1.165, 1.54) is 38.6 Å². The van der Waals surface area contributed by atoms with Crippen molar-refractivity contribution in [2.75, 3.05) is 19.8 Å². The van der Waals surface area contributed by atoms with E-state index in [9.17, 15) is 0 Å². The van der Waals surface area contributed by atoms with Gasteiger partial charge in [-0.25, -0.2) is 0 Å². The van der Waals surface area contributed by atoms with Crippen molar-refractivity contribution in [3.63, 3.8) is 0 Å². The van der Waals surface area contributed by atoms with Gasteiger partial charge in [0.25, 0.3) is 0 Å². The zero-order chi connectivity index (χ0) is 9.15. The molecule has 1 saturated carbocycles. The molecule has 0 aromatic carbocycles. The van der Waals surface area contributed by atoms with Gasteiger partial charge in [-0.3, -0.25) is 0 Å². The normalized spacial score (nSPS) is 35.8. The molecule has 1 unspecified atom stereocenters. The topological polar surface area (TPSA) is 21.3 Å². The average Bonchev–Trinajstić information content (AvgIpc) is 2.02. The highest BCUT2D eigenvalue weighted by Crippen LogP contribution is 2.27. The first-order valence-corrected chi connectivity index (χ1v) is 5.61. The molecule has 1 aliphatic heterocycles. The maximum absolute atomic E-state index is 5.51. The molecule has 0 bridgehead atoms. The summed E-state index contributed by atoms with van der Waals surface area (Å²) in [5, 5.41) is 3.67. The molecule has 0 radical (unpaired) electrons. The number of nitrogens with one attached hydrogen (secondary N) is 1. The van der Waals surface area contributed by atoms with Crippen LogP contribution in [0.3, 0.4) is 0 Å². The Morgan fingerprint density at radius 2 is 2.23 bits per heavy atom. The lowest BCUT2D eigenvalue weighted by Crippen LogP contribution is -2.51. The minimum atomic E-state index is 0.272. The highest BCUT2D eigenvalue weighted by Gasteiger charge is 2.28. The maximum Gasteiger partial charge on any atom is 0.0645 e. The molecule has 1 N–H and O–H groups in total. The van der Waals surface area contributed by atoms with Crippen molar-refractivity contribution in [1.82, 2.24) is 5.32 Å². The average molecular weight is 183 g/mol. The summed E-state index contributed by atoms with van der Waals surface area (Å²) in [6.07, 6.45) is 6.81. The first-order valence-electron chi connectivity index (χ1n) is 5.61. The molecule has 1 heterocycles. The van der Waals surface area contributed by atoms with E-state index < -0.39 is 0 Å². The molecule has 0 aromatic heterocycles. The van der Waals surface area contributed by atoms with Gasteiger partial charge in [0.1, 0.15) is 0 Å². The minimum Gasteiger partial charge on any atom is -0.380 e. The summed E-state index contributed by atoms with van der Waals surface area (Å²) in [6.45, 7) is 5.37. The van der Waals surface area contributed by atoms with E-state index >= 15 is 0 Å². The largest absolute Gasteiger partial charge is 0.380 e. The Labute approximate surface area is 81.0 Å². The molecule has 1 aliphatic carbocycles. The molecule has 2 nitrogen and oxygen atoms in total. The molecular formula is C11H21NO. The molecular weight excluding hydrogens is 162 g/mol. The number of hydrogen-bond donors (Lipinski definition) is 1. The quantitative estimate of drug-likeness (QED) is 0.722. The van der Waals surface area contributed by atoms with Gasteiger partial charge in [0, 0.05) is 12.1 Å². The van der Waals surface area contributed by atoms with Gasteiger partial charge in [0.15, 0.2) is 0 Å². The van der Waals surface area contributed by atoms with Crippen molar-refractivity contribution in [2.24, 2.45) is 5.92 Å².